The third-order valence-electron chi connectivity index (χ3n) is 3.44. The number of hydrogen-bond donors (Lipinski definition) is 1. The van der Waals surface area contributed by atoms with Gasteiger partial charge in [-0.2, -0.15) is 0 Å². The minimum atomic E-state index is -1.03. The number of carboxylic acid groups (broad SMARTS) is 1. The number of carbonyl (C=O) groups excluding carboxylic acids is 1. The zero-order chi connectivity index (χ0) is 13.1. The first kappa shape index (κ1) is 12.6. The number of aromatic carboxylic acids is 1. The number of carbonyl (C=O) groups is 2. The highest BCUT2D eigenvalue weighted by molar-refractivity contribution is 6.02. The van der Waals surface area contributed by atoms with E-state index in [1.54, 1.807) is 6.07 Å². The third-order valence-corrected chi connectivity index (χ3v) is 3.44. The molecule has 0 bridgehead atoms. The molecule has 4 heteroatoms. The quantitative estimate of drug-likeness (QED) is 0.832. The molecule has 18 heavy (non-hydrogen) atoms. The SMILES string of the molecule is COc1ccc(C(=O)O)cc1C(=O)C1CCCC1. The predicted molar refractivity (Wildman–Crippen MR) is 66.2 cm³/mol. The summed E-state index contributed by atoms with van der Waals surface area (Å²) in [6.45, 7) is 0. The van der Waals surface area contributed by atoms with Gasteiger partial charge in [0.2, 0.25) is 0 Å². The van der Waals surface area contributed by atoms with Crippen LogP contribution >= 0.6 is 0 Å². The van der Waals surface area contributed by atoms with E-state index >= 15 is 0 Å². The molecule has 0 aromatic heterocycles. The molecule has 1 aliphatic carbocycles. The molecule has 96 valence electrons. The summed E-state index contributed by atoms with van der Waals surface area (Å²) in [4.78, 5) is 23.3. The molecular formula is C14H16O4. The Hall–Kier alpha value is -1.84. The van der Waals surface area contributed by atoms with Crippen LogP contribution in [0.15, 0.2) is 18.2 Å². The number of ketones is 1. The maximum atomic E-state index is 12.3. The first-order valence-electron chi connectivity index (χ1n) is 6.09. The highest BCUT2D eigenvalue weighted by Crippen LogP contribution is 2.31. The van der Waals surface area contributed by atoms with E-state index in [1.165, 1.54) is 19.2 Å². The molecule has 0 amide bonds. The van der Waals surface area contributed by atoms with Gasteiger partial charge in [-0.25, -0.2) is 4.79 Å². The van der Waals surface area contributed by atoms with Gasteiger partial charge in [0.15, 0.2) is 5.78 Å². The van der Waals surface area contributed by atoms with Crippen molar-refractivity contribution in [2.75, 3.05) is 7.11 Å². The molecule has 1 aromatic carbocycles. The van der Waals surface area contributed by atoms with Gasteiger partial charge in [0.1, 0.15) is 5.75 Å². The first-order valence-corrected chi connectivity index (χ1v) is 6.09. The van der Waals surface area contributed by atoms with Gasteiger partial charge in [-0.05, 0) is 31.0 Å². The van der Waals surface area contributed by atoms with Crippen molar-refractivity contribution in [3.05, 3.63) is 29.3 Å². The summed E-state index contributed by atoms with van der Waals surface area (Å²) in [6.07, 6.45) is 3.91. The van der Waals surface area contributed by atoms with Gasteiger partial charge >= 0.3 is 5.97 Å². The third kappa shape index (κ3) is 2.37. The van der Waals surface area contributed by atoms with Gasteiger partial charge in [-0.3, -0.25) is 4.79 Å². The van der Waals surface area contributed by atoms with Crippen LogP contribution in [0, 0.1) is 5.92 Å². The molecule has 0 heterocycles. The number of ether oxygens (including phenoxy) is 1. The normalized spacial score (nSPS) is 15.6. The molecule has 0 aliphatic heterocycles. The van der Waals surface area contributed by atoms with Crippen molar-refractivity contribution >= 4 is 11.8 Å². The Balaban J connectivity index is 2.36. The predicted octanol–water partition coefficient (Wildman–Crippen LogP) is 2.77. The Labute approximate surface area is 106 Å². The number of benzene rings is 1. The number of rotatable bonds is 4. The maximum absolute atomic E-state index is 12.3. The van der Waals surface area contributed by atoms with Crippen LogP contribution in [0.25, 0.3) is 0 Å². The van der Waals surface area contributed by atoms with Crippen LogP contribution in [0.3, 0.4) is 0 Å². The lowest BCUT2D eigenvalue weighted by atomic mass is 9.94. The molecule has 2 rings (SSSR count). The van der Waals surface area contributed by atoms with Crippen LogP contribution in [0.1, 0.15) is 46.4 Å². The van der Waals surface area contributed by atoms with Gasteiger partial charge in [0.25, 0.3) is 0 Å². The van der Waals surface area contributed by atoms with Crippen molar-refractivity contribution in [2.24, 2.45) is 5.92 Å². The van der Waals surface area contributed by atoms with Crippen molar-refractivity contribution in [3.8, 4) is 5.75 Å². The van der Waals surface area contributed by atoms with Crippen molar-refractivity contribution in [1.29, 1.82) is 0 Å². The molecule has 1 aliphatic rings. The molecule has 1 fully saturated rings. The van der Waals surface area contributed by atoms with Crippen LogP contribution in [-0.2, 0) is 0 Å². The lowest BCUT2D eigenvalue weighted by Crippen LogP contribution is -2.13. The highest BCUT2D eigenvalue weighted by atomic mass is 16.5. The van der Waals surface area contributed by atoms with E-state index in [-0.39, 0.29) is 17.3 Å². The molecule has 4 nitrogen and oxygen atoms in total. The van der Waals surface area contributed by atoms with Gasteiger partial charge in [-0.15, -0.1) is 0 Å². The number of methoxy groups -OCH3 is 1. The average molecular weight is 248 g/mol. The number of carboxylic acids is 1. The second-order valence-corrected chi connectivity index (χ2v) is 4.57. The van der Waals surface area contributed by atoms with Gasteiger partial charge in [0.05, 0.1) is 18.2 Å². The summed E-state index contributed by atoms with van der Waals surface area (Å²) < 4.78 is 5.15. The Morgan fingerprint density at radius 3 is 2.50 bits per heavy atom. The second kappa shape index (κ2) is 5.21. The molecule has 1 N–H and O–H groups in total. The summed E-state index contributed by atoms with van der Waals surface area (Å²) in [5.41, 5.74) is 0.515. The smallest absolute Gasteiger partial charge is 0.335 e. The molecule has 0 saturated heterocycles. The van der Waals surface area contributed by atoms with Gasteiger partial charge in [0, 0.05) is 5.92 Å². The maximum Gasteiger partial charge on any atom is 0.335 e. The Morgan fingerprint density at radius 1 is 1.28 bits per heavy atom. The second-order valence-electron chi connectivity index (χ2n) is 4.57. The zero-order valence-corrected chi connectivity index (χ0v) is 10.3. The Morgan fingerprint density at radius 2 is 1.94 bits per heavy atom. The fourth-order valence-corrected chi connectivity index (χ4v) is 2.44. The summed E-state index contributed by atoms with van der Waals surface area (Å²) in [5.74, 6) is -0.551. The van der Waals surface area contributed by atoms with Crippen LogP contribution in [0.4, 0.5) is 0 Å². The van der Waals surface area contributed by atoms with Crippen molar-refractivity contribution in [1.82, 2.24) is 0 Å². The van der Waals surface area contributed by atoms with Crippen molar-refractivity contribution in [2.45, 2.75) is 25.7 Å². The molecular weight excluding hydrogens is 232 g/mol. The highest BCUT2D eigenvalue weighted by Gasteiger charge is 2.26. The van der Waals surface area contributed by atoms with Crippen LogP contribution in [-0.4, -0.2) is 24.0 Å². The Kier molecular flexibility index (Phi) is 3.65. The van der Waals surface area contributed by atoms with E-state index in [2.05, 4.69) is 0 Å². The van der Waals surface area contributed by atoms with Crippen LogP contribution < -0.4 is 4.74 Å². The van der Waals surface area contributed by atoms with E-state index in [0.717, 1.165) is 25.7 Å². The molecule has 1 saturated carbocycles. The average Bonchev–Trinajstić information content (AvgIpc) is 2.90. The molecule has 1 aromatic rings. The fraction of sp³-hybridized carbons (Fsp3) is 0.429. The standard InChI is InChI=1S/C14H16O4/c1-18-12-7-6-10(14(16)17)8-11(12)13(15)9-4-2-3-5-9/h6-9H,2-5H2,1H3,(H,16,17). The largest absolute Gasteiger partial charge is 0.496 e. The molecule has 0 spiro atoms. The molecule has 0 radical (unpaired) electrons. The number of Topliss-reactive ketones (excluding diaryl/α,β-unsaturated/α-hetero) is 1. The topological polar surface area (TPSA) is 63.6 Å². The lowest BCUT2D eigenvalue weighted by Gasteiger charge is -2.12. The first-order chi connectivity index (χ1) is 8.63. The summed E-state index contributed by atoms with van der Waals surface area (Å²) in [7, 11) is 1.49. The minimum Gasteiger partial charge on any atom is -0.496 e. The minimum absolute atomic E-state index is 0.00690. The van der Waals surface area contributed by atoms with Gasteiger partial charge < -0.3 is 9.84 Å². The van der Waals surface area contributed by atoms with Crippen LogP contribution in [0.5, 0.6) is 5.75 Å². The van der Waals surface area contributed by atoms with Gasteiger partial charge in [-0.1, -0.05) is 12.8 Å². The lowest BCUT2D eigenvalue weighted by molar-refractivity contribution is 0.0697. The summed E-state index contributed by atoms with van der Waals surface area (Å²) in [5, 5.41) is 8.97. The summed E-state index contributed by atoms with van der Waals surface area (Å²) in [6, 6.07) is 4.42. The number of hydrogen-bond acceptors (Lipinski definition) is 3. The zero-order valence-electron chi connectivity index (χ0n) is 10.3. The van der Waals surface area contributed by atoms with Crippen molar-refractivity contribution in [3.63, 3.8) is 0 Å². The van der Waals surface area contributed by atoms with E-state index in [9.17, 15) is 9.59 Å². The van der Waals surface area contributed by atoms with E-state index in [4.69, 9.17) is 9.84 Å². The Bertz CT molecular complexity index is 473. The fourth-order valence-electron chi connectivity index (χ4n) is 2.44. The van der Waals surface area contributed by atoms with E-state index in [0.29, 0.717) is 11.3 Å². The van der Waals surface area contributed by atoms with Crippen molar-refractivity contribution < 1.29 is 19.4 Å². The monoisotopic (exact) mass is 248 g/mol. The van der Waals surface area contributed by atoms with E-state index < -0.39 is 5.97 Å². The summed E-state index contributed by atoms with van der Waals surface area (Å²) >= 11 is 0. The molecule has 0 unspecified atom stereocenters. The van der Waals surface area contributed by atoms with E-state index in [1.807, 2.05) is 0 Å². The molecule has 0 atom stereocenters. The van der Waals surface area contributed by atoms with Crippen LogP contribution in [0.2, 0.25) is 0 Å².